The van der Waals surface area contributed by atoms with E-state index in [1.54, 1.807) is 0 Å². The highest BCUT2D eigenvalue weighted by atomic mass is 16.5. The zero-order valence-electron chi connectivity index (χ0n) is 20.7. The van der Waals surface area contributed by atoms with Crippen LogP contribution >= 0.6 is 0 Å². The van der Waals surface area contributed by atoms with Gasteiger partial charge in [0.25, 0.3) is 0 Å². The van der Waals surface area contributed by atoms with E-state index in [0.717, 1.165) is 57.1 Å². The van der Waals surface area contributed by atoms with Gasteiger partial charge in [-0.1, -0.05) is 26.0 Å². The van der Waals surface area contributed by atoms with Gasteiger partial charge in [-0.2, -0.15) is 0 Å². The van der Waals surface area contributed by atoms with Gasteiger partial charge in [-0.3, -0.25) is 9.59 Å². The number of fused-ring (bicyclic) bond motifs is 5. The lowest BCUT2D eigenvalue weighted by Gasteiger charge is -2.62. The molecule has 0 aliphatic heterocycles. The van der Waals surface area contributed by atoms with E-state index in [2.05, 4.69) is 26.0 Å². The van der Waals surface area contributed by atoms with Crippen LogP contribution in [0.2, 0.25) is 0 Å². The normalized spacial score (nSPS) is 41.3. The van der Waals surface area contributed by atoms with E-state index >= 15 is 0 Å². The van der Waals surface area contributed by atoms with E-state index in [-0.39, 0.29) is 23.4 Å². The van der Waals surface area contributed by atoms with Crippen LogP contribution in [0.15, 0.2) is 24.3 Å². The van der Waals surface area contributed by atoms with Crippen molar-refractivity contribution in [3.63, 3.8) is 0 Å². The molecule has 0 heterocycles. The molecule has 0 unspecified atom stereocenters. The van der Waals surface area contributed by atoms with Gasteiger partial charge in [0.15, 0.2) is 0 Å². The molecule has 34 heavy (non-hydrogen) atoms. The highest BCUT2D eigenvalue weighted by Crippen LogP contribution is 2.68. The van der Waals surface area contributed by atoms with Crippen molar-refractivity contribution in [1.82, 2.24) is 0 Å². The van der Waals surface area contributed by atoms with Crippen molar-refractivity contribution in [3.05, 3.63) is 29.8 Å². The predicted octanol–water partition coefficient (Wildman–Crippen LogP) is 5.60. The second kappa shape index (κ2) is 8.96. The van der Waals surface area contributed by atoms with Crippen LogP contribution in [-0.2, 0) is 9.59 Å². The molecule has 2 N–H and O–H groups in total. The molecule has 1 aromatic carbocycles. The molecule has 0 bridgehead atoms. The summed E-state index contributed by atoms with van der Waals surface area (Å²) in [6, 6.07) is 8.44. The molecule has 1 aromatic rings. The van der Waals surface area contributed by atoms with Gasteiger partial charge in [-0.15, -0.1) is 0 Å². The molecule has 186 valence electrons. The third kappa shape index (κ3) is 3.98. The number of carbonyl (C=O) groups excluding carboxylic acids is 1. The van der Waals surface area contributed by atoms with E-state index in [4.69, 9.17) is 9.84 Å². The molecule has 8 atom stereocenters. The summed E-state index contributed by atoms with van der Waals surface area (Å²) in [6.07, 6.45) is 8.27. The van der Waals surface area contributed by atoms with E-state index in [1.807, 2.05) is 12.1 Å². The third-order valence-corrected chi connectivity index (χ3v) is 10.6. The second-order valence-corrected chi connectivity index (χ2v) is 12.1. The Bertz CT molecular complexity index is 925. The molecule has 0 radical (unpaired) electrons. The van der Waals surface area contributed by atoms with Gasteiger partial charge >= 0.3 is 5.97 Å². The minimum Gasteiger partial charge on any atom is -0.494 e. The van der Waals surface area contributed by atoms with Crippen molar-refractivity contribution < 1.29 is 24.5 Å². The van der Waals surface area contributed by atoms with Crippen LogP contribution in [-0.4, -0.2) is 34.7 Å². The number of aliphatic carboxylic acids is 1. The van der Waals surface area contributed by atoms with Crippen LogP contribution in [0, 0.1) is 34.5 Å². The Kier molecular flexibility index (Phi) is 6.29. The molecule has 0 spiro atoms. The smallest absolute Gasteiger partial charge is 0.303 e. The van der Waals surface area contributed by atoms with E-state index < -0.39 is 5.97 Å². The van der Waals surface area contributed by atoms with E-state index in [0.29, 0.717) is 48.4 Å². The first-order chi connectivity index (χ1) is 16.2. The second-order valence-electron chi connectivity index (χ2n) is 12.1. The van der Waals surface area contributed by atoms with Gasteiger partial charge in [0, 0.05) is 19.3 Å². The van der Waals surface area contributed by atoms with Crippen molar-refractivity contribution in [2.75, 3.05) is 6.61 Å². The van der Waals surface area contributed by atoms with Crippen LogP contribution < -0.4 is 4.74 Å². The van der Waals surface area contributed by atoms with E-state index in [9.17, 15) is 14.7 Å². The summed E-state index contributed by atoms with van der Waals surface area (Å²) in [5, 5.41) is 19.7. The van der Waals surface area contributed by atoms with Gasteiger partial charge in [0.1, 0.15) is 11.5 Å². The predicted molar refractivity (Wildman–Crippen MR) is 130 cm³/mol. The number of benzene rings is 1. The first kappa shape index (κ1) is 23.8. The topological polar surface area (TPSA) is 83.8 Å². The first-order valence-corrected chi connectivity index (χ1v) is 13.4. The van der Waals surface area contributed by atoms with Gasteiger partial charge in [-0.05, 0) is 103 Å². The van der Waals surface area contributed by atoms with E-state index in [1.165, 1.54) is 5.56 Å². The van der Waals surface area contributed by atoms with Crippen LogP contribution in [0.5, 0.6) is 5.75 Å². The van der Waals surface area contributed by atoms with Crippen molar-refractivity contribution >= 4 is 11.8 Å². The molecule has 4 fully saturated rings. The van der Waals surface area contributed by atoms with Crippen LogP contribution in [0.3, 0.4) is 0 Å². The summed E-state index contributed by atoms with van der Waals surface area (Å²) >= 11 is 0. The van der Waals surface area contributed by atoms with Crippen molar-refractivity contribution in [2.45, 2.75) is 90.1 Å². The summed E-state index contributed by atoms with van der Waals surface area (Å²) in [7, 11) is 0. The Labute approximate surface area is 203 Å². The molecule has 0 aromatic heterocycles. The van der Waals surface area contributed by atoms with Crippen molar-refractivity contribution in [3.8, 4) is 5.75 Å². The lowest BCUT2D eigenvalue weighted by atomic mass is 9.42. The summed E-state index contributed by atoms with van der Waals surface area (Å²) in [5.74, 6) is 2.97. The number of ketones is 1. The monoisotopic (exact) mass is 468 g/mol. The molecule has 5 rings (SSSR count). The number of carbonyl (C=O) groups is 2. The van der Waals surface area contributed by atoms with Crippen LogP contribution in [0.4, 0.5) is 0 Å². The molecule has 5 nitrogen and oxygen atoms in total. The van der Waals surface area contributed by atoms with Crippen molar-refractivity contribution in [2.24, 2.45) is 34.5 Å². The highest BCUT2D eigenvalue weighted by molar-refractivity contribution is 5.79. The molecular weight excluding hydrogens is 428 g/mol. The minimum atomic E-state index is -0.796. The Hall–Kier alpha value is -1.88. The Morgan fingerprint density at radius 2 is 1.79 bits per heavy atom. The van der Waals surface area contributed by atoms with Gasteiger partial charge < -0.3 is 14.9 Å². The quantitative estimate of drug-likeness (QED) is 0.531. The number of aliphatic hydroxyl groups excluding tert-OH is 1. The number of ether oxygens (including phenoxy) is 1. The van der Waals surface area contributed by atoms with Gasteiger partial charge in [-0.25, -0.2) is 0 Å². The van der Waals surface area contributed by atoms with Crippen LogP contribution in [0.1, 0.15) is 89.5 Å². The molecule has 0 saturated heterocycles. The fourth-order valence-electron chi connectivity index (χ4n) is 8.61. The summed E-state index contributed by atoms with van der Waals surface area (Å²) in [5.41, 5.74) is 1.58. The standard InChI is InChI=1S/C29H40O5/c1-28-13-11-20(30)16-19(28)17-22(18-5-7-21(8-6-18)34-15-3-4-26(32)33)27-23-9-10-25(31)29(23,2)14-12-24(27)28/h5-8,19,22-25,27,31H,3-4,9-17H2,1-2H3,(H,32,33)/t19-,22+,23+,24+,25+,27+,28+,29+/m1/s1. The maximum absolute atomic E-state index is 12.5. The molecule has 4 aliphatic carbocycles. The molecule has 0 amide bonds. The van der Waals surface area contributed by atoms with Crippen molar-refractivity contribution in [1.29, 1.82) is 0 Å². The SMILES string of the molecule is C[C@]12CCC(=O)C[C@@H]1C[C@@H](c1ccc(OCCCC(=O)O)cc1)[C@@H]1[C@@H]2CC[C@]2(C)[C@@H](O)CC[C@@H]12. The fourth-order valence-corrected chi connectivity index (χ4v) is 8.61. The Morgan fingerprint density at radius 1 is 1.06 bits per heavy atom. The number of hydrogen-bond donors (Lipinski definition) is 2. The minimum absolute atomic E-state index is 0.0142. The van der Waals surface area contributed by atoms with Crippen LogP contribution in [0.25, 0.3) is 0 Å². The highest BCUT2D eigenvalue weighted by Gasteiger charge is 2.62. The number of carboxylic acid groups (broad SMARTS) is 1. The lowest BCUT2D eigenvalue weighted by molar-refractivity contribution is -0.146. The number of carboxylic acids is 1. The number of hydrogen-bond acceptors (Lipinski definition) is 4. The lowest BCUT2D eigenvalue weighted by Crippen LogP contribution is -2.56. The first-order valence-electron chi connectivity index (χ1n) is 13.4. The zero-order valence-corrected chi connectivity index (χ0v) is 20.7. The Balaban J connectivity index is 1.42. The molecule has 4 saturated carbocycles. The average Bonchev–Trinajstić information content (AvgIpc) is 3.12. The third-order valence-electron chi connectivity index (χ3n) is 10.6. The zero-order chi connectivity index (χ0) is 24.1. The summed E-state index contributed by atoms with van der Waals surface area (Å²) in [4.78, 5) is 23.2. The molecule has 5 heteroatoms. The average molecular weight is 469 g/mol. The summed E-state index contributed by atoms with van der Waals surface area (Å²) < 4.78 is 5.78. The molecular formula is C29H40O5. The number of aliphatic hydroxyl groups is 1. The molecule has 4 aliphatic rings. The van der Waals surface area contributed by atoms with Gasteiger partial charge in [0.05, 0.1) is 12.7 Å². The number of Topliss-reactive ketones (excluding diaryl/α,β-unsaturated/α-hetero) is 1. The Morgan fingerprint density at radius 3 is 2.53 bits per heavy atom. The number of rotatable bonds is 6. The summed E-state index contributed by atoms with van der Waals surface area (Å²) in [6.45, 7) is 5.20. The maximum Gasteiger partial charge on any atom is 0.303 e. The van der Waals surface area contributed by atoms with Gasteiger partial charge in [0.2, 0.25) is 0 Å². The fraction of sp³-hybridized carbons (Fsp3) is 0.724. The maximum atomic E-state index is 12.5. The largest absolute Gasteiger partial charge is 0.494 e.